The Labute approximate surface area is 83.8 Å². The first-order valence-electron chi connectivity index (χ1n) is 3.09. The summed E-state index contributed by atoms with van der Waals surface area (Å²) in [5, 5.41) is 0. The van der Waals surface area contributed by atoms with E-state index in [0.29, 0.717) is 12.1 Å². The van der Waals surface area contributed by atoms with Crippen molar-refractivity contribution in [3.8, 4) is 0 Å². The summed E-state index contributed by atoms with van der Waals surface area (Å²) in [6, 6.07) is 1.06. The van der Waals surface area contributed by atoms with E-state index in [-0.39, 0.29) is 10.5 Å². The summed E-state index contributed by atoms with van der Waals surface area (Å²) >= 11 is 2.66. The maximum Gasteiger partial charge on any atom is 0.313 e. The Hall–Kier alpha value is -0.370. The van der Waals surface area contributed by atoms with Gasteiger partial charge in [-0.05, 0) is 18.2 Å². The van der Waals surface area contributed by atoms with E-state index >= 15 is 0 Å². The molecular weight excluding hydrogens is 298 g/mol. The molecule has 0 nitrogen and oxygen atoms in total. The molecule has 0 bridgehead atoms. The molecule has 0 unspecified atom stereocenters. The highest BCUT2D eigenvalue weighted by Crippen LogP contribution is 3.02. The second kappa shape index (κ2) is 2.41. The van der Waals surface area contributed by atoms with E-state index in [1.165, 1.54) is 0 Å². The van der Waals surface area contributed by atoms with Crippen molar-refractivity contribution in [2.24, 2.45) is 0 Å². The molecule has 0 aromatic heterocycles. The molecule has 14 heavy (non-hydrogen) atoms. The monoisotopic (exact) mass is 300 g/mol. The van der Waals surface area contributed by atoms with Crippen molar-refractivity contribution in [3.63, 3.8) is 0 Å². The highest BCUT2D eigenvalue weighted by atomic mass is 79.9. The molecule has 0 amide bonds. The summed E-state index contributed by atoms with van der Waals surface area (Å²) in [6.45, 7) is 0. The third kappa shape index (κ3) is 2.57. The molecular formula is C6H3BrF6S. The van der Waals surface area contributed by atoms with Crippen molar-refractivity contribution in [2.45, 2.75) is 4.90 Å². The Morgan fingerprint density at radius 1 is 1.00 bits per heavy atom. The molecule has 0 saturated heterocycles. The summed E-state index contributed by atoms with van der Waals surface area (Å²) in [5.74, 6) is -1.99. The van der Waals surface area contributed by atoms with Crippen LogP contribution >= 0.6 is 26.2 Å². The van der Waals surface area contributed by atoms with Crippen molar-refractivity contribution in [1.82, 2.24) is 0 Å². The zero-order valence-corrected chi connectivity index (χ0v) is 8.69. The largest absolute Gasteiger partial charge is 0.313 e. The minimum Gasteiger partial charge on any atom is -0.205 e. The SMILES string of the molecule is Fc1cc(Br)ccc1S(F)(F)(F)(F)F. The molecule has 8 heteroatoms. The van der Waals surface area contributed by atoms with Gasteiger partial charge in [0, 0.05) is 4.47 Å². The molecule has 1 rings (SSSR count). The van der Waals surface area contributed by atoms with Crippen LogP contribution in [0.4, 0.5) is 23.8 Å². The fourth-order valence-corrected chi connectivity index (χ4v) is 1.87. The van der Waals surface area contributed by atoms with Gasteiger partial charge in [0.1, 0.15) is 10.7 Å². The van der Waals surface area contributed by atoms with Crippen LogP contribution < -0.4 is 0 Å². The van der Waals surface area contributed by atoms with E-state index in [4.69, 9.17) is 0 Å². The van der Waals surface area contributed by atoms with Crippen LogP contribution in [0.15, 0.2) is 27.6 Å². The van der Waals surface area contributed by atoms with Crippen LogP contribution in [-0.2, 0) is 0 Å². The summed E-state index contributed by atoms with van der Waals surface area (Å²) in [4.78, 5) is -2.49. The molecule has 0 aliphatic heterocycles. The average Bonchev–Trinajstić information content (AvgIpc) is 1.79. The van der Waals surface area contributed by atoms with Gasteiger partial charge in [-0.3, -0.25) is 0 Å². The third-order valence-electron chi connectivity index (χ3n) is 1.31. The van der Waals surface area contributed by atoms with E-state index < -0.39 is 20.9 Å². The maximum atomic E-state index is 12.6. The van der Waals surface area contributed by atoms with Gasteiger partial charge in [0.15, 0.2) is 0 Å². The van der Waals surface area contributed by atoms with Crippen molar-refractivity contribution in [1.29, 1.82) is 0 Å². The Balaban J connectivity index is 3.51. The van der Waals surface area contributed by atoms with E-state index in [9.17, 15) is 23.8 Å². The minimum absolute atomic E-state index is 0.0149. The van der Waals surface area contributed by atoms with Crippen LogP contribution in [0, 0.1) is 5.82 Å². The predicted molar refractivity (Wildman–Crippen MR) is 45.5 cm³/mol. The summed E-state index contributed by atoms with van der Waals surface area (Å²) in [7, 11) is -9.90. The van der Waals surface area contributed by atoms with Gasteiger partial charge in [-0.1, -0.05) is 35.4 Å². The Morgan fingerprint density at radius 3 is 1.86 bits per heavy atom. The van der Waals surface area contributed by atoms with Gasteiger partial charge in [-0.2, -0.15) is 0 Å². The van der Waals surface area contributed by atoms with Crippen LogP contribution in [0.3, 0.4) is 0 Å². The number of hydrogen-bond acceptors (Lipinski definition) is 0. The normalized spacial score (nSPS) is 17.4. The third-order valence-corrected chi connectivity index (χ3v) is 2.97. The first-order chi connectivity index (χ1) is 5.90. The van der Waals surface area contributed by atoms with Gasteiger partial charge in [0.05, 0.1) is 0 Å². The van der Waals surface area contributed by atoms with Gasteiger partial charge < -0.3 is 0 Å². The van der Waals surface area contributed by atoms with E-state index in [1.807, 2.05) is 0 Å². The summed E-state index contributed by atoms with van der Waals surface area (Å²) < 4.78 is 73.0. The number of hydrogen-bond donors (Lipinski definition) is 0. The highest BCUT2D eigenvalue weighted by molar-refractivity contribution is 9.10. The van der Waals surface area contributed by atoms with Gasteiger partial charge in [0.25, 0.3) is 0 Å². The fourth-order valence-electron chi connectivity index (χ4n) is 0.788. The molecule has 0 heterocycles. The van der Waals surface area contributed by atoms with Gasteiger partial charge >= 0.3 is 10.2 Å². The molecule has 0 spiro atoms. The second-order valence-electron chi connectivity index (χ2n) is 2.54. The highest BCUT2D eigenvalue weighted by Gasteiger charge is 2.67. The summed E-state index contributed by atoms with van der Waals surface area (Å²) in [6.07, 6.45) is 0. The van der Waals surface area contributed by atoms with Crippen molar-refractivity contribution >= 4 is 26.2 Å². The molecule has 1 aromatic rings. The second-order valence-corrected chi connectivity index (χ2v) is 5.84. The zero-order valence-electron chi connectivity index (χ0n) is 6.29. The van der Waals surface area contributed by atoms with Crippen LogP contribution in [0.25, 0.3) is 0 Å². The van der Waals surface area contributed by atoms with E-state index in [2.05, 4.69) is 15.9 Å². The predicted octanol–water partition coefficient (Wildman–Crippen LogP) is 5.25. The van der Waals surface area contributed by atoms with Crippen LogP contribution in [0.1, 0.15) is 0 Å². The minimum atomic E-state index is -9.90. The number of rotatable bonds is 1. The smallest absolute Gasteiger partial charge is 0.205 e. The van der Waals surface area contributed by atoms with Crippen LogP contribution in [0.5, 0.6) is 0 Å². The van der Waals surface area contributed by atoms with Crippen LogP contribution in [0.2, 0.25) is 0 Å². The quantitative estimate of drug-likeness (QED) is 0.622. The molecule has 0 aliphatic carbocycles. The van der Waals surface area contributed by atoms with Gasteiger partial charge in [0.2, 0.25) is 0 Å². The molecule has 1 aromatic carbocycles. The van der Waals surface area contributed by atoms with Gasteiger partial charge in [-0.15, -0.1) is 0 Å². The van der Waals surface area contributed by atoms with Crippen molar-refractivity contribution < 1.29 is 23.8 Å². The first-order valence-corrected chi connectivity index (χ1v) is 5.84. The number of halogens is 7. The number of benzene rings is 1. The lowest BCUT2D eigenvalue weighted by molar-refractivity contribution is 0.355. The van der Waals surface area contributed by atoms with Crippen molar-refractivity contribution in [3.05, 3.63) is 28.5 Å². The maximum absolute atomic E-state index is 12.6. The molecule has 0 radical (unpaired) electrons. The van der Waals surface area contributed by atoms with E-state index in [0.717, 1.165) is 0 Å². The lowest BCUT2D eigenvalue weighted by Gasteiger charge is -2.40. The lowest BCUT2D eigenvalue weighted by atomic mass is 10.3. The van der Waals surface area contributed by atoms with E-state index in [1.54, 1.807) is 0 Å². The standard InChI is InChI=1S/C6H3BrF6S/c7-4-1-2-6(5(8)3-4)14(9,10,11,12)13/h1-3H. The fraction of sp³-hybridized carbons (Fsp3) is 0. The lowest BCUT2D eigenvalue weighted by Crippen LogP contribution is -2.08. The average molecular weight is 301 g/mol. The molecule has 0 atom stereocenters. The Bertz CT molecular complexity index is 382. The Morgan fingerprint density at radius 2 is 1.50 bits per heavy atom. The first kappa shape index (κ1) is 11.7. The molecule has 82 valence electrons. The molecule has 0 saturated carbocycles. The Kier molecular flexibility index (Phi) is 2.01. The van der Waals surface area contributed by atoms with Crippen LogP contribution in [-0.4, -0.2) is 0 Å². The zero-order chi connectivity index (χ0) is 11.3. The van der Waals surface area contributed by atoms with Gasteiger partial charge in [-0.25, -0.2) is 4.39 Å². The molecule has 0 fully saturated rings. The summed E-state index contributed by atoms with van der Waals surface area (Å²) in [5.41, 5.74) is 0. The van der Waals surface area contributed by atoms with Crippen molar-refractivity contribution in [2.75, 3.05) is 0 Å². The topological polar surface area (TPSA) is 0 Å². The molecule has 0 N–H and O–H groups in total. The molecule has 0 aliphatic rings.